The summed E-state index contributed by atoms with van der Waals surface area (Å²) in [5.41, 5.74) is 10.1. The molecule has 0 aliphatic carbocycles. The molecule has 0 amide bonds. The van der Waals surface area contributed by atoms with Crippen LogP contribution in [0.2, 0.25) is 0 Å². The molecule has 1 heterocycles. The third-order valence-electron chi connectivity index (χ3n) is 3.23. The van der Waals surface area contributed by atoms with Crippen LogP contribution < -0.4 is 10.5 Å². The molecule has 5 heteroatoms. The van der Waals surface area contributed by atoms with E-state index in [9.17, 15) is 0 Å². The van der Waals surface area contributed by atoms with Crippen LogP contribution in [0.3, 0.4) is 0 Å². The minimum absolute atomic E-state index is 0.187. The molecule has 4 nitrogen and oxygen atoms in total. The van der Waals surface area contributed by atoms with E-state index in [0.717, 1.165) is 18.0 Å². The molecule has 0 spiro atoms. The van der Waals surface area contributed by atoms with E-state index in [0.29, 0.717) is 13.2 Å². The Morgan fingerprint density at radius 3 is 2.65 bits per heavy atom. The van der Waals surface area contributed by atoms with Gasteiger partial charge in [-0.3, -0.25) is 4.90 Å². The van der Waals surface area contributed by atoms with E-state index in [2.05, 4.69) is 34.4 Å². The van der Waals surface area contributed by atoms with Gasteiger partial charge in [-0.15, -0.1) is 11.3 Å². The Balaban J connectivity index is 2.06. The largest absolute Gasteiger partial charge is 0.494 e. The van der Waals surface area contributed by atoms with Crippen molar-refractivity contribution in [2.75, 3.05) is 20.2 Å². The second kappa shape index (κ2) is 7.38. The minimum atomic E-state index is 0.187. The molecule has 1 aromatic heterocycles. The maximum Gasteiger partial charge on any atom is 0.119 e. The van der Waals surface area contributed by atoms with Crippen molar-refractivity contribution in [3.05, 3.63) is 46.4 Å². The average Bonchev–Trinajstić information content (AvgIpc) is 2.95. The summed E-state index contributed by atoms with van der Waals surface area (Å²) < 4.78 is 5.47. The normalized spacial score (nSPS) is 12.6. The molecule has 1 atom stereocenters. The fourth-order valence-corrected chi connectivity index (χ4v) is 2.75. The highest BCUT2D eigenvalue weighted by Gasteiger charge is 2.16. The third kappa shape index (κ3) is 3.79. The predicted octanol–water partition coefficient (Wildman–Crippen LogP) is 2.67. The van der Waals surface area contributed by atoms with E-state index in [-0.39, 0.29) is 6.04 Å². The Bertz CT molecular complexity index is 498. The molecule has 0 saturated carbocycles. The molecule has 0 aliphatic heterocycles. The van der Waals surface area contributed by atoms with Crippen molar-refractivity contribution < 1.29 is 4.74 Å². The summed E-state index contributed by atoms with van der Waals surface area (Å²) in [6.45, 7) is 4.05. The minimum Gasteiger partial charge on any atom is -0.494 e. The van der Waals surface area contributed by atoms with Crippen molar-refractivity contribution in [3.8, 4) is 5.75 Å². The molecular weight excluding hydrogens is 270 g/mol. The summed E-state index contributed by atoms with van der Waals surface area (Å²) in [4.78, 5) is 6.55. The Morgan fingerprint density at radius 2 is 2.10 bits per heavy atom. The first-order valence-electron chi connectivity index (χ1n) is 6.74. The summed E-state index contributed by atoms with van der Waals surface area (Å²) in [5.74, 6) is 0.897. The van der Waals surface area contributed by atoms with Crippen molar-refractivity contribution in [2.45, 2.75) is 19.5 Å². The van der Waals surface area contributed by atoms with Crippen LogP contribution in [0.4, 0.5) is 0 Å². The Morgan fingerprint density at radius 1 is 1.35 bits per heavy atom. The lowest BCUT2D eigenvalue weighted by molar-refractivity contribution is 0.239. The highest BCUT2D eigenvalue weighted by atomic mass is 32.1. The zero-order valence-corrected chi connectivity index (χ0v) is 12.8. The number of hydrogen-bond donors (Lipinski definition) is 1. The second-order valence-corrected chi connectivity index (χ2v) is 5.37. The maximum atomic E-state index is 5.94. The molecule has 0 saturated heterocycles. The highest BCUT2D eigenvalue weighted by Crippen LogP contribution is 2.22. The molecule has 2 N–H and O–H groups in total. The molecular formula is C15H21N3OS. The fraction of sp³-hybridized carbons (Fsp3) is 0.400. The van der Waals surface area contributed by atoms with Gasteiger partial charge in [0, 0.05) is 24.5 Å². The first-order valence-corrected chi connectivity index (χ1v) is 7.69. The zero-order chi connectivity index (χ0) is 14.4. The Labute approximate surface area is 124 Å². The first kappa shape index (κ1) is 15.0. The van der Waals surface area contributed by atoms with E-state index >= 15 is 0 Å². The van der Waals surface area contributed by atoms with Crippen molar-refractivity contribution in [1.29, 1.82) is 0 Å². The molecule has 0 radical (unpaired) electrons. The summed E-state index contributed by atoms with van der Waals surface area (Å²) >= 11 is 1.62. The molecule has 2 aromatic rings. The maximum absolute atomic E-state index is 5.94. The summed E-state index contributed by atoms with van der Waals surface area (Å²) in [6, 6.07) is 8.35. The van der Waals surface area contributed by atoms with E-state index < -0.39 is 0 Å². The van der Waals surface area contributed by atoms with E-state index in [1.54, 1.807) is 11.3 Å². The topological polar surface area (TPSA) is 51.4 Å². The quantitative estimate of drug-likeness (QED) is 0.852. The van der Waals surface area contributed by atoms with Crippen LogP contribution in [0.25, 0.3) is 0 Å². The molecule has 0 aliphatic rings. The number of nitrogens with two attached hydrogens (primary N) is 1. The number of aromatic nitrogens is 1. The van der Waals surface area contributed by atoms with Crippen LogP contribution >= 0.6 is 11.3 Å². The van der Waals surface area contributed by atoms with Crippen LogP contribution in [0.5, 0.6) is 5.75 Å². The van der Waals surface area contributed by atoms with Crippen LogP contribution in [0.1, 0.15) is 24.2 Å². The van der Waals surface area contributed by atoms with Gasteiger partial charge >= 0.3 is 0 Å². The number of benzene rings is 1. The molecule has 20 heavy (non-hydrogen) atoms. The molecule has 1 unspecified atom stereocenters. The molecule has 108 valence electrons. The summed E-state index contributed by atoms with van der Waals surface area (Å²) in [7, 11) is 2.08. The van der Waals surface area contributed by atoms with Crippen LogP contribution in [0.15, 0.2) is 35.2 Å². The molecule has 1 aromatic carbocycles. The smallest absolute Gasteiger partial charge is 0.119 e. The third-order valence-corrected chi connectivity index (χ3v) is 3.86. The number of likely N-dealkylation sites (N-methyl/N-ethyl adjacent to an activating group) is 1. The number of hydrogen-bond acceptors (Lipinski definition) is 5. The van der Waals surface area contributed by atoms with E-state index in [4.69, 9.17) is 10.5 Å². The van der Waals surface area contributed by atoms with Gasteiger partial charge in [-0.05, 0) is 31.7 Å². The fourth-order valence-electron chi connectivity index (χ4n) is 2.20. The average molecular weight is 291 g/mol. The molecule has 2 rings (SSSR count). The van der Waals surface area contributed by atoms with Crippen molar-refractivity contribution in [2.24, 2.45) is 5.73 Å². The molecule has 0 bridgehead atoms. The van der Waals surface area contributed by atoms with Gasteiger partial charge in [0.05, 0.1) is 17.8 Å². The number of nitrogens with zero attached hydrogens (tertiary/aromatic N) is 2. The Hall–Kier alpha value is -1.43. The van der Waals surface area contributed by atoms with Gasteiger partial charge < -0.3 is 10.5 Å². The SMILES string of the molecule is CCOc1ccc(C(CN)N(C)Cc2cscn2)cc1. The van der Waals surface area contributed by atoms with Gasteiger partial charge in [-0.2, -0.15) is 0 Å². The Kier molecular flexibility index (Phi) is 5.52. The predicted molar refractivity (Wildman–Crippen MR) is 83.0 cm³/mol. The van der Waals surface area contributed by atoms with Gasteiger partial charge in [0.2, 0.25) is 0 Å². The second-order valence-electron chi connectivity index (χ2n) is 4.65. The number of thiazole rings is 1. The van der Waals surface area contributed by atoms with Gasteiger partial charge in [-0.25, -0.2) is 4.98 Å². The van der Waals surface area contributed by atoms with Crippen molar-refractivity contribution >= 4 is 11.3 Å². The zero-order valence-electron chi connectivity index (χ0n) is 12.0. The van der Waals surface area contributed by atoms with Gasteiger partial charge in [0.25, 0.3) is 0 Å². The lowest BCUT2D eigenvalue weighted by atomic mass is 10.1. The summed E-state index contributed by atoms with van der Waals surface area (Å²) in [6.07, 6.45) is 0. The van der Waals surface area contributed by atoms with Crippen molar-refractivity contribution in [1.82, 2.24) is 9.88 Å². The first-order chi connectivity index (χ1) is 9.74. The van der Waals surface area contributed by atoms with Gasteiger partial charge in [0.1, 0.15) is 5.75 Å². The number of rotatable bonds is 7. The van der Waals surface area contributed by atoms with E-state index in [1.165, 1.54) is 5.56 Å². The standard InChI is InChI=1S/C15H21N3OS/c1-3-19-14-6-4-12(5-7-14)15(8-16)18(2)9-13-10-20-11-17-13/h4-7,10-11,15H,3,8-9,16H2,1-2H3. The number of ether oxygens (including phenoxy) is 1. The van der Waals surface area contributed by atoms with Crippen molar-refractivity contribution in [3.63, 3.8) is 0 Å². The van der Waals surface area contributed by atoms with Crippen LogP contribution in [-0.4, -0.2) is 30.1 Å². The molecule has 0 fully saturated rings. The van der Waals surface area contributed by atoms with E-state index in [1.807, 2.05) is 24.6 Å². The summed E-state index contributed by atoms with van der Waals surface area (Å²) in [5, 5.41) is 2.07. The lowest BCUT2D eigenvalue weighted by Gasteiger charge is -2.26. The van der Waals surface area contributed by atoms with Crippen LogP contribution in [0, 0.1) is 0 Å². The van der Waals surface area contributed by atoms with Gasteiger partial charge in [0.15, 0.2) is 0 Å². The van der Waals surface area contributed by atoms with Crippen LogP contribution in [-0.2, 0) is 6.54 Å². The van der Waals surface area contributed by atoms with Gasteiger partial charge in [-0.1, -0.05) is 12.1 Å². The highest BCUT2D eigenvalue weighted by molar-refractivity contribution is 7.07. The lowest BCUT2D eigenvalue weighted by Crippen LogP contribution is -2.30. The monoisotopic (exact) mass is 291 g/mol.